The van der Waals surface area contributed by atoms with Gasteiger partial charge in [0.1, 0.15) is 0 Å². The number of rotatable bonds is 2. The van der Waals surface area contributed by atoms with Crippen molar-refractivity contribution in [2.75, 3.05) is 0 Å². The van der Waals surface area contributed by atoms with Gasteiger partial charge in [-0.2, -0.15) is 13.2 Å². The fourth-order valence-corrected chi connectivity index (χ4v) is 3.28. The Hall–Kier alpha value is -1.67. The van der Waals surface area contributed by atoms with Crippen molar-refractivity contribution < 1.29 is 23.1 Å². The van der Waals surface area contributed by atoms with Crippen LogP contribution in [0, 0.1) is 0 Å². The zero-order chi connectivity index (χ0) is 17.0. The summed E-state index contributed by atoms with van der Waals surface area (Å²) >= 11 is 0. The summed E-state index contributed by atoms with van der Waals surface area (Å²) in [6.45, 7) is 1.05. The van der Waals surface area contributed by atoms with E-state index in [2.05, 4.69) is 16.0 Å². The number of nitrogens with two attached hydrogens (primary N) is 1. The Balaban J connectivity index is 0.000000236. The molecule has 0 radical (unpaired) electrons. The van der Waals surface area contributed by atoms with E-state index in [1.54, 1.807) is 0 Å². The van der Waals surface area contributed by atoms with Crippen molar-refractivity contribution in [2.45, 2.75) is 56.5 Å². The van der Waals surface area contributed by atoms with E-state index in [0.29, 0.717) is 18.1 Å². The van der Waals surface area contributed by atoms with E-state index in [0.717, 1.165) is 6.54 Å². The van der Waals surface area contributed by atoms with Crippen LogP contribution in [0.5, 0.6) is 0 Å². The first-order chi connectivity index (χ1) is 10.8. The Bertz CT molecular complexity index is 510. The largest absolute Gasteiger partial charge is 0.490 e. The molecule has 3 rings (SSSR count). The van der Waals surface area contributed by atoms with E-state index in [1.165, 1.54) is 31.2 Å². The summed E-state index contributed by atoms with van der Waals surface area (Å²) in [5, 5.41) is 7.12. The molecule has 2 saturated heterocycles. The average Bonchev–Trinajstić information content (AvgIpc) is 2.71. The monoisotopic (exact) mass is 331 g/mol. The van der Waals surface area contributed by atoms with Gasteiger partial charge in [-0.15, -0.1) is 0 Å². The molecule has 8 heteroatoms. The third kappa shape index (κ3) is 4.90. The lowest BCUT2D eigenvalue weighted by Gasteiger charge is -2.37. The van der Waals surface area contributed by atoms with Crippen molar-refractivity contribution in [3.8, 4) is 0 Å². The van der Waals surface area contributed by atoms with Gasteiger partial charge in [-0.1, -0.05) is 6.07 Å². The molecule has 1 aromatic rings. The summed E-state index contributed by atoms with van der Waals surface area (Å²) in [5.74, 6) is -2.76. The summed E-state index contributed by atoms with van der Waals surface area (Å²) in [4.78, 5) is 15.7. The van der Waals surface area contributed by atoms with Gasteiger partial charge >= 0.3 is 12.1 Å². The molecule has 0 spiro atoms. The minimum atomic E-state index is -5.08. The fourth-order valence-electron chi connectivity index (χ4n) is 3.28. The number of hydrogen-bond donors (Lipinski definition) is 2. The Morgan fingerprint density at radius 3 is 2.35 bits per heavy atom. The second kappa shape index (κ2) is 7.27. The Labute approximate surface area is 132 Å². The van der Waals surface area contributed by atoms with Gasteiger partial charge < -0.3 is 10.8 Å². The normalized spacial score (nSPS) is 27.2. The van der Waals surface area contributed by atoms with Gasteiger partial charge in [-0.3, -0.25) is 9.88 Å². The second-order valence-electron chi connectivity index (χ2n) is 5.95. The smallest absolute Gasteiger partial charge is 0.475 e. The van der Waals surface area contributed by atoms with Crippen LogP contribution in [0.2, 0.25) is 0 Å². The highest BCUT2D eigenvalue weighted by molar-refractivity contribution is 5.73. The second-order valence-corrected chi connectivity index (χ2v) is 5.95. The number of carboxylic acids is 1. The molecule has 128 valence electrons. The average molecular weight is 331 g/mol. The Kier molecular flexibility index (Phi) is 5.59. The van der Waals surface area contributed by atoms with E-state index < -0.39 is 12.1 Å². The number of halogens is 3. The first kappa shape index (κ1) is 17.7. The van der Waals surface area contributed by atoms with E-state index in [4.69, 9.17) is 15.6 Å². The number of piperidine rings is 1. The van der Waals surface area contributed by atoms with Crippen LogP contribution in [-0.2, 0) is 11.3 Å². The van der Waals surface area contributed by atoms with Gasteiger partial charge in [-0.05, 0) is 37.3 Å². The van der Waals surface area contributed by atoms with Gasteiger partial charge in [0.25, 0.3) is 0 Å². The summed E-state index contributed by atoms with van der Waals surface area (Å²) in [6.07, 6.45) is 3.75. The summed E-state index contributed by atoms with van der Waals surface area (Å²) in [6, 6.07) is 6.05. The minimum absolute atomic E-state index is 0.433. The van der Waals surface area contributed by atoms with Crippen molar-refractivity contribution in [3.63, 3.8) is 0 Å². The molecular weight excluding hydrogens is 311 g/mol. The molecule has 1 unspecified atom stereocenters. The minimum Gasteiger partial charge on any atom is -0.475 e. The molecule has 2 bridgehead atoms. The van der Waals surface area contributed by atoms with Gasteiger partial charge in [-0.25, -0.2) is 4.79 Å². The lowest BCUT2D eigenvalue weighted by molar-refractivity contribution is -0.192. The number of carboxylic acid groups (broad SMARTS) is 1. The highest BCUT2D eigenvalue weighted by atomic mass is 19.4. The van der Waals surface area contributed by atoms with Gasteiger partial charge in [0.15, 0.2) is 0 Å². The highest BCUT2D eigenvalue weighted by Gasteiger charge is 2.39. The lowest BCUT2D eigenvalue weighted by atomic mass is 9.98. The van der Waals surface area contributed by atoms with Gasteiger partial charge in [0.2, 0.25) is 0 Å². The number of carbonyl (C=O) groups is 1. The topological polar surface area (TPSA) is 79.5 Å². The molecule has 3 N–H and O–H groups in total. The van der Waals surface area contributed by atoms with Crippen molar-refractivity contribution >= 4 is 5.97 Å². The predicted octanol–water partition coefficient (Wildman–Crippen LogP) is 2.17. The predicted molar refractivity (Wildman–Crippen MR) is 77.5 cm³/mol. The molecule has 0 aromatic carbocycles. The fraction of sp³-hybridized carbons (Fsp3) is 0.600. The van der Waals surface area contributed by atoms with Crippen LogP contribution in [0.25, 0.3) is 0 Å². The number of aliphatic carboxylic acids is 1. The van der Waals surface area contributed by atoms with Crippen molar-refractivity contribution in [3.05, 3.63) is 30.1 Å². The third-order valence-corrected chi connectivity index (χ3v) is 4.25. The van der Waals surface area contributed by atoms with Crippen LogP contribution < -0.4 is 5.73 Å². The maximum absolute atomic E-state index is 10.6. The lowest BCUT2D eigenvalue weighted by Crippen LogP contribution is -2.46. The summed E-state index contributed by atoms with van der Waals surface area (Å²) in [7, 11) is 0. The number of nitrogens with zero attached hydrogens (tertiary/aromatic N) is 2. The first-order valence-electron chi connectivity index (χ1n) is 7.47. The summed E-state index contributed by atoms with van der Waals surface area (Å²) in [5.41, 5.74) is 7.40. The molecule has 2 aliphatic rings. The Morgan fingerprint density at radius 2 is 1.91 bits per heavy atom. The highest BCUT2D eigenvalue weighted by Crippen LogP contribution is 2.35. The maximum atomic E-state index is 10.6. The van der Waals surface area contributed by atoms with E-state index in [-0.39, 0.29) is 0 Å². The maximum Gasteiger partial charge on any atom is 0.490 e. The number of aromatic nitrogens is 1. The zero-order valence-electron chi connectivity index (χ0n) is 12.5. The standard InChI is InChI=1S/C13H19N3.C2HF3O2/c14-11-6-12-3-4-13(7-11)16(12)9-10-2-1-5-15-8-10;3-2(4,5)1(6)7/h1-2,5,8,11-13H,3-4,6-7,9,14H2;(H,6,7)/t11?,12-,13+;. The molecule has 1 aromatic heterocycles. The van der Waals surface area contributed by atoms with Crippen molar-refractivity contribution in [2.24, 2.45) is 5.73 Å². The molecule has 0 aliphatic carbocycles. The molecule has 0 amide bonds. The SMILES string of the molecule is NC1C[C@H]2CC[C@@H](C1)N2Cc1cccnc1.O=C(O)C(F)(F)F. The molecular formula is C15H20F3N3O2. The van der Waals surface area contributed by atoms with E-state index in [9.17, 15) is 13.2 Å². The number of fused-ring (bicyclic) bond motifs is 2. The van der Waals surface area contributed by atoms with Crippen molar-refractivity contribution in [1.82, 2.24) is 9.88 Å². The van der Waals surface area contributed by atoms with Crippen LogP contribution in [0.3, 0.4) is 0 Å². The third-order valence-electron chi connectivity index (χ3n) is 4.25. The Morgan fingerprint density at radius 1 is 1.35 bits per heavy atom. The van der Waals surface area contributed by atoms with Crippen LogP contribution in [0.15, 0.2) is 24.5 Å². The van der Waals surface area contributed by atoms with E-state index >= 15 is 0 Å². The molecule has 3 heterocycles. The zero-order valence-corrected chi connectivity index (χ0v) is 12.5. The molecule has 2 fully saturated rings. The molecule has 23 heavy (non-hydrogen) atoms. The number of hydrogen-bond acceptors (Lipinski definition) is 4. The van der Waals surface area contributed by atoms with Crippen LogP contribution in [-0.4, -0.2) is 45.3 Å². The first-order valence-corrected chi connectivity index (χ1v) is 7.47. The molecule has 5 nitrogen and oxygen atoms in total. The molecule has 2 aliphatic heterocycles. The number of alkyl halides is 3. The summed E-state index contributed by atoms with van der Waals surface area (Å²) < 4.78 is 31.7. The molecule has 3 atom stereocenters. The van der Waals surface area contributed by atoms with Crippen molar-refractivity contribution in [1.29, 1.82) is 0 Å². The quantitative estimate of drug-likeness (QED) is 0.868. The van der Waals surface area contributed by atoms with Crippen LogP contribution >= 0.6 is 0 Å². The molecule has 0 saturated carbocycles. The van der Waals surface area contributed by atoms with E-state index in [1.807, 2.05) is 18.5 Å². The van der Waals surface area contributed by atoms with Gasteiger partial charge in [0.05, 0.1) is 0 Å². The van der Waals surface area contributed by atoms with Gasteiger partial charge in [0, 0.05) is 37.1 Å². The number of pyridine rings is 1. The van der Waals surface area contributed by atoms with Crippen LogP contribution in [0.1, 0.15) is 31.2 Å². The van der Waals surface area contributed by atoms with Crippen LogP contribution in [0.4, 0.5) is 13.2 Å².